The van der Waals surface area contributed by atoms with Gasteiger partial charge in [0.2, 0.25) is 0 Å². The maximum atomic E-state index is 5.96. The van der Waals surface area contributed by atoms with Crippen molar-refractivity contribution in [1.82, 2.24) is 5.32 Å². The molecule has 1 aromatic rings. The first kappa shape index (κ1) is 15.2. The third-order valence-electron chi connectivity index (χ3n) is 3.27. The summed E-state index contributed by atoms with van der Waals surface area (Å²) in [6, 6.07) is 11.5. The second-order valence-electron chi connectivity index (χ2n) is 6.54. The van der Waals surface area contributed by atoms with Crippen LogP contribution in [0.1, 0.15) is 52.6 Å². The van der Waals surface area contributed by atoms with Gasteiger partial charge >= 0.3 is 0 Å². The molecule has 1 aromatic carbocycles. The van der Waals surface area contributed by atoms with Crippen molar-refractivity contribution in [3.05, 3.63) is 35.9 Å². The molecule has 2 heteroatoms. The quantitative estimate of drug-likeness (QED) is 0.837. The predicted molar refractivity (Wildman–Crippen MR) is 79.5 cm³/mol. The molecule has 102 valence electrons. The minimum Gasteiger partial charge on any atom is -0.327 e. The van der Waals surface area contributed by atoms with E-state index >= 15 is 0 Å². The normalized spacial score (nSPS) is 17.2. The molecular formula is C16H28N2. The Morgan fingerprint density at radius 2 is 1.67 bits per heavy atom. The zero-order chi connectivity index (χ0) is 13.8. The molecule has 0 fully saturated rings. The highest BCUT2D eigenvalue weighted by molar-refractivity contribution is 5.19. The van der Waals surface area contributed by atoms with Crippen molar-refractivity contribution in [2.75, 3.05) is 0 Å². The van der Waals surface area contributed by atoms with E-state index in [2.05, 4.69) is 70.3 Å². The Balaban J connectivity index is 2.82. The monoisotopic (exact) mass is 248 g/mol. The smallest absolute Gasteiger partial charge is 0.0328 e. The summed E-state index contributed by atoms with van der Waals surface area (Å²) in [5, 5.41) is 3.66. The van der Waals surface area contributed by atoms with E-state index in [1.165, 1.54) is 5.56 Å². The van der Waals surface area contributed by atoms with E-state index in [1.54, 1.807) is 0 Å². The van der Waals surface area contributed by atoms with Crippen LogP contribution < -0.4 is 11.1 Å². The van der Waals surface area contributed by atoms with Crippen molar-refractivity contribution in [1.29, 1.82) is 0 Å². The van der Waals surface area contributed by atoms with Crippen LogP contribution in [0.3, 0.4) is 0 Å². The molecule has 3 N–H and O–H groups in total. The summed E-state index contributed by atoms with van der Waals surface area (Å²) in [7, 11) is 0. The molecule has 0 radical (unpaired) electrons. The molecule has 0 aliphatic heterocycles. The van der Waals surface area contributed by atoms with Gasteiger partial charge in [0, 0.05) is 18.1 Å². The Morgan fingerprint density at radius 3 is 2.11 bits per heavy atom. The Morgan fingerprint density at radius 1 is 1.11 bits per heavy atom. The molecule has 0 bridgehead atoms. The summed E-state index contributed by atoms with van der Waals surface area (Å²) >= 11 is 0. The van der Waals surface area contributed by atoms with E-state index in [-0.39, 0.29) is 6.04 Å². The van der Waals surface area contributed by atoms with Crippen LogP contribution in [0.2, 0.25) is 0 Å². The van der Waals surface area contributed by atoms with Gasteiger partial charge in [-0.1, -0.05) is 51.1 Å². The van der Waals surface area contributed by atoms with E-state index < -0.39 is 0 Å². The van der Waals surface area contributed by atoms with Crippen LogP contribution in [0.25, 0.3) is 0 Å². The molecule has 3 unspecified atom stereocenters. The summed E-state index contributed by atoms with van der Waals surface area (Å²) in [5.41, 5.74) is 7.61. The average Bonchev–Trinajstić information content (AvgIpc) is 2.27. The van der Waals surface area contributed by atoms with Gasteiger partial charge in [0.05, 0.1) is 0 Å². The first-order chi connectivity index (χ1) is 8.29. The van der Waals surface area contributed by atoms with E-state index in [1.807, 2.05) is 0 Å². The van der Waals surface area contributed by atoms with Gasteiger partial charge in [-0.25, -0.2) is 0 Å². The van der Waals surface area contributed by atoms with Gasteiger partial charge in [0.15, 0.2) is 0 Å². The van der Waals surface area contributed by atoms with E-state index in [4.69, 9.17) is 5.73 Å². The zero-order valence-electron chi connectivity index (χ0n) is 12.4. The summed E-state index contributed by atoms with van der Waals surface area (Å²) in [5.74, 6) is 0. The maximum absolute atomic E-state index is 5.96. The second kappa shape index (κ2) is 6.35. The topological polar surface area (TPSA) is 38.0 Å². The summed E-state index contributed by atoms with van der Waals surface area (Å²) in [4.78, 5) is 0. The third-order valence-corrected chi connectivity index (χ3v) is 3.27. The molecule has 3 atom stereocenters. The van der Waals surface area contributed by atoms with Crippen molar-refractivity contribution in [3.63, 3.8) is 0 Å². The Bertz CT molecular complexity index is 338. The second-order valence-corrected chi connectivity index (χ2v) is 6.54. The van der Waals surface area contributed by atoms with Crippen molar-refractivity contribution >= 4 is 0 Å². The lowest BCUT2D eigenvalue weighted by Gasteiger charge is -2.31. The number of benzene rings is 1. The third kappa shape index (κ3) is 5.19. The standard InChI is InChI=1S/C16H28N2/c1-12(17)13(2)18-15(11-16(3,4)5)14-9-7-6-8-10-14/h6-10,12-13,15,18H,11,17H2,1-5H3. The first-order valence-electron chi connectivity index (χ1n) is 6.86. The summed E-state index contributed by atoms with van der Waals surface area (Å²) < 4.78 is 0. The fourth-order valence-corrected chi connectivity index (χ4v) is 2.04. The van der Waals surface area contributed by atoms with Crippen LogP contribution in [0.4, 0.5) is 0 Å². The van der Waals surface area contributed by atoms with Gasteiger partial charge < -0.3 is 11.1 Å². The molecule has 0 saturated heterocycles. The molecule has 0 amide bonds. The average molecular weight is 248 g/mol. The first-order valence-corrected chi connectivity index (χ1v) is 6.86. The molecule has 0 aromatic heterocycles. The van der Waals surface area contributed by atoms with Crippen LogP contribution in [-0.4, -0.2) is 12.1 Å². The number of nitrogens with one attached hydrogen (secondary N) is 1. The summed E-state index contributed by atoms with van der Waals surface area (Å²) in [6.07, 6.45) is 1.11. The van der Waals surface area contributed by atoms with Gasteiger partial charge in [-0.05, 0) is 31.2 Å². The van der Waals surface area contributed by atoms with Gasteiger partial charge in [-0.15, -0.1) is 0 Å². The molecule has 0 aliphatic rings. The lowest BCUT2D eigenvalue weighted by Crippen LogP contribution is -2.43. The van der Waals surface area contributed by atoms with Crippen molar-refractivity contribution in [2.24, 2.45) is 11.1 Å². The van der Waals surface area contributed by atoms with Gasteiger partial charge in [-0.3, -0.25) is 0 Å². The summed E-state index contributed by atoms with van der Waals surface area (Å²) in [6.45, 7) is 11.0. The van der Waals surface area contributed by atoms with Gasteiger partial charge in [-0.2, -0.15) is 0 Å². The number of hydrogen-bond acceptors (Lipinski definition) is 2. The highest BCUT2D eigenvalue weighted by atomic mass is 15.0. The Kier molecular flexibility index (Phi) is 5.36. The molecular weight excluding hydrogens is 220 g/mol. The van der Waals surface area contributed by atoms with Crippen LogP contribution >= 0.6 is 0 Å². The highest BCUT2D eigenvalue weighted by Crippen LogP contribution is 2.29. The molecule has 1 rings (SSSR count). The van der Waals surface area contributed by atoms with Crippen LogP contribution in [0.5, 0.6) is 0 Å². The van der Waals surface area contributed by atoms with Crippen LogP contribution in [0, 0.1) is 5.41 Å². The van der Waals surface area contributed by atoms with E-state index in [9.17, 15) is 0 Å². The van der Waals surface area contributed by atoms with Gasteiger partial charge in [0.1, 0.15) is 0 Å². The van der Waals surface area contributed by atoms with E-state index in [0.29, 0.717) is 17.5 Å². The highest BCUT2D eigenvalue weighted by Gasteiger charge is 2.22. The molecule has 0 heterocycles. The minimum absolute atomic E-state index is 0.163. The lowest BCUT2D eigenvalue weighted by atomic mass is 9.85. The maximum Gasteiger partial charge on any atom is 0.0328 e. The number of hydrogen-bond donors (Lipinski definition) is 2. The lowest BCUT2D eigenvalue weighted by molar-refractivity contribution is 0.288. The molecule has 0 aliphatic carbocycles. The minimum atomic E-state index is 0.163. The molecule has 0 saturated carbocycles. The van der Waals surface area contributed by atoms with Crippen molar-refractivity contribution < 1.29 is 0 Å². The number of rotatable bonds is 5. The predicted octanol–water partition coefficient (Wildman–Crippen LogP) is 3.49. The fourth-order valence-electron chi connectivity index (χ4n) is 2.04. The van der Waals surface area contributed by atoms with Crippen LogP contribution in [0.15, 0.2) is 30.3 Å². The zero-order valence-corrected chi connectivity index (χ0v) is 12.4. The molecule has 18 heavy (non-hydrogen) atoms. The number of nitrogens with two attached hydrogens (primary N) is 1. The van der Waals surface area contributed by atoms with Gasteiger partial charge in [0.25, 0.3) is 0 Å². The van der Waals surface area contributed by atoms with Crippen molar-refractivity contribution in [3.8, 4) is 0 Å². The Hall–Kier alpha value is -0.860. The Labute approximate surface area is 112 Å². The fraction of sp³-hybridized carbons (Fsp3) is 0.625. The van der Waals surface area contributed by atoms with E-state index in [0.717, 1.165) is 6.42 Å². The molecule has 0 spiro atoms. The SMILES string of the molecule is CC(N)C(C)NC(CC(C)(C)C)c1ccccc1. The largest absolute Gasteiger partial charge is 0.327 e. The van der Waals surface area contributed by atoms with Crippen molar-refractivity contribution in [2.45, 2.75) is 59.2 Å². The van der Waals surface area contributed by atoms with Crippen LogP contribution in [-0.2, 0) is 0 Å². The molecule has 2 nitrogen and oxygen atoms in total.